The quantitative estimate of drug-likeness (QED) is 0.146. The van der Waals surface area contributed by atoms with Gasteiger partial charge < -0.3 is 4.90 Å². The molecule has 6 aromatic rings. The third kappa shape index (κ3) is 4.28. The topological polar surface area (TPSA) is 37.4 Å². The van der Waals surface area contributed by atoms with E-state index >= 15 is 0 Å². The van der Waals surface area contributed by atoms with Crippen molar-refractivity contribution in [1.29, 1.82) is 0 Å². The van der Waals surface area contributed by atoms with Crippen LogP contribution in [-0.2, 0) is 5.41 Å². The van der Waals surface area contributed by atoms with E-state index < -0.39 is 10.0 Å². The summed E-state index contributed by atoms with van der Waals surface area (Å²) in [5.41, 5.74) is 7.87. The standard InChI is InChI=1S/C42H35NO2S/c1-42(2)36-25-31(46(3,4)5)17-20-37(36)43(30-13-7-6-8-14-30)38-19-16-29-21-26(15-18-32(29)39(38)42)22-35-40(44)33-23-27-11-9-10-12-28(27)24-34(33)41(35)45/h6-25H,1-5H3. The Balaban J connectivity index is 1.28. The van der Waals surface area contributed by atoms with Gasteiger partial charge in [-0.1, -0.05) is 74.5 Å². The minimum atomic E-state index is -0.926. The zero-order chi connectivity index (χ0) is 32.0. The van der Waals surface area contributed by atoms with Gasteiger partial charge in [0.05, 0.1) is 16.9 Å². The van der Waals surface area contributed by atoms with E-state index in [0.717, 1.165) is 27.4 Å². The van der Waals surface area contributed by atoms with E-state index in [4.69, 9.17) is 0 Å². The molecule has 1 aliphatic carbocycles. The molecule has 1 aliphatic heterocycles. The molecular formula is C42H35NO2S. The van der Waals surface area contributed by atoms with Gasteiger partial charge in [-0.3, -0.25) is 9.59 Å². The van der Waals surface area contributed by atoms with E-state index in [1.807, 2.05) is 42.5 Å². The van der Waals surface area contributed by atoms with Gasteiger partial charge in [0.2, 0.25) is 0 Å². The van der Waals surface area contributed by atoms with Gasteiger partial charge in [0.25, 0.3) is 0 Å². The number of allylic oxidation sites excluding steroid dienone is 1. The molecular weight excluding hydrogens is 583 g/mol. The summed E-state index contributed by atoms with van der Waals surface area (Å²) in [5, 5.41) is 4.17. The third-order valence-corrected chi connectivity index (χ3v) is 11.3. The van der Waals surface area contributed by atoms with Crippen LogP contribution in [0.15, 0.2) is 126 Å². The van der Waals surface area contributed by atoms with E-state index in [0.29, 0.717) is 11.1 Å². The van der Waals surface area contributed by atoms with Crippen LogP contribution in [0.25, 0.3) is 27.6 Å². The second-order valence-corrected chi connectivity index (χ2v) is 17.9. The average molecular weight is 618 g/mol. The van der Waals surface area contributed by atoms with Gasteiger partial charge in [0, 0.05) is 22.2 Å². The van der Waals surface area contributed by atoms with E-state index in [-0.39, 0.29) is 22.6 Å². The number of carbonyl (C=O) groups excluding carboxylic acids is 2. The second-order valence-electron chi connectivity index (χ2n) is 13.7. The number of carbonyl (C=O) groups is 2. The summed E-state index contributed by atoms with van der Waals surface area (Å²) in [6, 6.07) is 39.9. The monoisotopic (exact) mass is 617 g/mol. The predicted molar refractivity (Wildman–Crippen MR) is 195 cm³/mol. The van der Waals surface area contributed by atoms with Crippen molar-refractivity contribution >= 4 is 66.3 Å². The Hall–Kier alpha value is -4.93. The lowest BCUT2D eigenvalue weighted by molar-refractivity contribution is 0.0990. The molecule has 0 bridgehead atoms. The number of fused-ring (bicyclic) bond motifs is 6. The van der Waals surface area contributed by atoms with Crippen molar-refractivity contribution in [2.75, 3.05) is 23.7 Å². The Morgan fingerprint density at radius 1 is 0.630 bits per heavy atom. The van der Waals surface area contributed by atoms with Crippen molar-refractivity contribution in [2.24, 2.45) is 0 Å². The predicted octanol–water partition coefficient (Wildman–Crippen LogP) is 10.6. The molecule has 0 amide bonds. The Labute approximate surface area is 271 Å². The highest BCUT2D eigenvalue weighted by atomic mass is 32.3. The Morgan fingerprint density at radius 3 is 1.91 bits per heavy atom. The fourth-order valence-electron chi connectivity index (χ4n) is 7.29. The minimum absolute atomic E-state index is 0.204. The number of rotatable bonds is 3. The molecule has 0 atom stereocenters. The van der Waals surface area contributed by atoms with E-state index in [1.165, 1.54) is 32.8 Å². The Kier molecular flexibility index (Phi) is 6.23. The second kappa shape index (κ2) is 10.0. The van der Waals surface area contributed by atoms with E-state index in [2.05, 4.69) is 110 Å². The van der Waals surface area contributed by atoms with Crippen LogP contribution in [0.2, 0.25) is 0 Å². The zero-order valence-electron chi connectivity index (χ0n) is 26.7. The Morgan fingerprint density at radius 2 is 1.26 bits per heavy atom. The van der Waals surface area contributed by atoms with Gasteiger partial charge >= 0.3 is 0 Å². The number of anilines is 3. The molecule has 226 valence electrons. The van der Waals surface area contributed by atoms with Crippen LogP contribution in [0, 0.1) is 0 Å². The normalized spacial score (nSPS) is 15.6. The van der Waals surface area contributed by atoms with Gasteiger partial charge in [-0.15, -0.1) is 0 Å². The molecule has 6 aromatic carbocycles. The molecule has 0 spiro atoms. The Bertz CT molecular complexity index is 2250. The van der Waals surface area contributed by atoms with Crippen LogP contribution < -0.4 is 4.90 Å². The van der Waals surface area contributed by atoms with Crippen molar-refractivity contribution in [3.05, 3.63) is 149 Å². The van der Waals surface area contributed by atoms with Crippen LogP contribution in [0.1, 0.15) is 51.3 Å². The van der Waals surface area contributed by atoms with E-state index in [1.54, 1.807) is 6.08 Å². The van der Waals surface area contributed by atoms with Crippen molar-refractivity contribution in [1.82, 2.24) is 0 Å². The molecule has 0 radical (unpaired) electrons. The highest BCUT2D eigenvalue weighted by Gasteiger charge is 2.39. The molecule has 1 heterocycles. The van der Waals surface area contributed by atoms with Crippen molar-refractivity contribution in [3.8, 4) is 0 Å². The lowest BCUT2D eigenvalue weighted by Gasteiger charge is -2.43. The molecule has 0 fully saturated rings. The SMILES string of the molecule is CC1(C)c2cc(S(C)(C)C)ccc2N(c2ccccc2)c2ccc3cc(C=C4C(=O)c5cc6ccccc6cc5C4=O)ccc3c21. The average Bonchev–Trinajstić information content (AvgIpc) is 3.27. The van der Waals surface area contributed by atoms with Crippen LogP contribution in [0.4, 0.5) is 17.1 Å². The van der Waals surface area contributed by atoms with Gasteiger partial charge in [-0.2, -0.15) is 0 Å². The van der Waals surface area contributed by atoms with Gasteiger partial charge in [-0.05, 0) is 123 Å². The summed E-state index contributed by atoms with van der Waals surface area (Å²) in [4.78, 5) is 30.8. The zero-order valence-corrected chi connectivity index (χ0v) is 27.5. The van der Waals surface area contributed by atoms with Crippen LogP contribution in [-0.4, -0.2) is 30.3 Å². The van der Waals surface area contributed by atoms with Crippen LogP contribution in [0.3, 0.4) is 0 Å². The number of hydrogen-bond acceptors (Lipinski definition) is 3. The smallest absolute Gasteiger partial charge is 0.197 e. The number of ketones is 2. The molecule has 2 aliphatic rings. The molecule has 0 unspecified atom stereocenters. The van der Waals surface area contributed by atoms with Gasteiger partial charge in [-0.25, -0.2) is 10.0 Å². The summed E-state index contributed by atoms with van der Waals surface area (Å²) < 4.78 is 0. The summed E-state index contributed by atoms with van der Waals surface area (Å²) in [6.45, 7) is 4.67. The van der Waals surface area contributed by atoms with Crippen LogP contribution in [0.5, 0.6) is 0 Å². The van der Waals surface area contributed by atoms with Crippen molar-refractivity contribution < 1.29 is 9.59 Å². The van der Waals surface area contributed by atoms with Crippen molar-refractivity contribution in [3.63, 3.8) is 0 Å². The van der Waals surface area contributed by atoms with Gasteiger partial charge in [0.1, 0.15) is 0 Å². The summed E-state index contributed by atoms with van der Waals surface area (Å²) in [5.74, 6) is -0.409. The highest BCUT2D eigenvalue weighted by molar-refractivity contribution is 8.32. The van der Waals surface area contributed by atoms with Gasteiger partial charge in [0.15, 0.2) is 11.6 Å². The summed E-state index contributed by atoms with van der Waals surface area (Å²) in [7, 11) is -0.926. The first-order chi connectivity index (χ1) is 22.0. The number of nitrogens with zero attached hydrogens (tertiary/aromatic N) is 1. The maximum absolute atomic E-state index is 13.5. The molecule has 46 heavy (non-hydrogen) atoms. The fraction of sp³-hybridized carbons (Fsp3) is 0.143. The molecule has 4 heteroatoms. The first-order valence-electron chi connectivity index (χ1n) is 15.6. The third-order valence-electron chi connectivity index (χ3n) is 9.67. The maximum atomic E-state index is 13.5. The van der Waals surface area contributed by atoms with Crippen molar-refractivity contribution in [2.45, 2.75) is 24.2 Å². The number of Topliss-reactive ketones (excluding diaryl/α,β-unsaturated/α-hetero) is 2. The first kappa shape index (κ1) is 28.5. The van der Waals surface area contributed by atoms with Crippen LogP contribution >= 0.6 is 10.0 Å². The molecule has 3 nitrogen and oxygen atoms in total. The number of benzene rings is 6. The molecule has 0 aromatic heterocycles. The highest BCUT2D eigenvalue weighted by Crippen LogP contribution is 2.56. The first-order valence-corrected chi connectivity index (χ1v) is 18.5. The molecule has 0 N–H and O–H groups in total. The summed E-state index contributed by atoms with van der Waals surface area (Å²) in [6.07, 6.45) is 8.81. The number of para-hydroxylation sites is 1. The lowest BCUT2D eigenvalue weighted by atomic mass is 9.71. The molecule has 8 rings (SSSR count). The maximum Gasteiger partial charge on any atom is 0.197 e. The summed E-state index contributed by atoms with van der Waals surface area (Å²) >= 11 is 0. The van der Waals surface area contributed by atoms with E-state index in [9.17, 15) is 9.59 Å². The largest absolute Gasteiger partial charge is 0.310 e. The molecule has 0 saturated heterocycles. The minimum Gasteiger partial charge on any atom is -0.310 e. The fourth-order valence-corrected chi connectivity index (χ4v) is 8.24. The lowest BCUT2D eigenvalue weighted by Crippen LogP contribution is -2.31. The molecule has 0 saturated carbocycles. The number of hydrogen-bond donors (Lipinski definition) is 0.